The van der Waals surface area contributed by atoms with Crippen LogP contribution in [0.3, 0.4) is 0 Å². The molecule has 0 aliphatic heterocycles. The first-order valence-corrected chi connectivity index (χ1v) is 7.60. The second-order valence-corrected chi connectivity index (χ2v) is 5.91. The number of thiazole rings is 1. The van der Waals surface area contributed by atoms with E-state index in [0.717, 1.165) is 16.9 Å². The molecule has 21 heavy (non-hydrogen) atoms. The van der Waals surface area contributed by atoms with Gasteiger partial charge in [-0.05, 0) is 31.5 Å². The molecule has 0 aliphatic carbocycles. The van der Waals surface area contributed by atoms with E-state index < -0.39 is 0 Å². The summed E-state index contributed by atoms with van der Waals surface area (Å²) in [6.45, 7) is 4.13. The SMILES string of the molecule is CCc1cnc(C(C)Nc2ncnc3ccc(F)cc23)s1. The van der Waals surface area contributed by atoms with Gasteiger partial charge in [-0.15, -0.1) is 11.3 Å². The maximum atomic E-state index is 13.4. The maximum absolute atomic E-state index is 13.4. The summed E-state index contributed by atoms with van der Waals surface area (Å²) >= 11 is 1.68. The third-order valence-corrected chi connectivity index (χ3v) is 4.57. The van der Waals surface area contributed by atoms with Crippen LogP contribution in [0, 0.1) is 5.82 Å². The van der Waals surface area contributed by atoms with Crippen molar-refractivity contribution < 1.29 is 4.39 Å². The lowest BCUT2D eigenvalue weighted by atomic mass is 10.2. The lowest BCUT2D eigenvalue weighted by Gasteiger charge is -2.13. The van der Waals surface area contributed by atoms with Crippen LogP contribution < -0.4 is 5.32 Å². The van der Waals surface area contributed by atoms with Gasteiger partial charge in [0.25, 0.3) is 0 Å². The van der Waals surface area contributed by atoms with Crippen LogP contribution in [0.2, 0.25) is 0 Å². The van der Waals surface area contributed by atoms with Crippen LogP contribution in [0.15, 0.2) is 30.7 Å². The van der Waals surface area contributed by atoms with Gasteiger partial charge >= 0.3 is 0 Å². The predicted molar refractivity (Wildman–Crippen MR) is 83.0 cm³/mol. The Hall–Kier alpha value is -2.08. The fraction of sp³-hybridized carbons (Fsp3) is 0.267. The molecule has 0 spiro atoms. The highest BCUT2D eigenvalue weighted by Crippen LogP contribution is 2.26. The summed E-state index contributed by atoms with van der Waals surface area (Å²) < 4.78 is 13.4. The van der Waals surface area contributed by atoms with Gasteiger partial charge in [0.1, 0.15) is 23.0 Å². The van der Waals surface area contributed by atoms with Crippen LogP contribution in [0.5, 0.6) is 0 Å². The van der Waals surface area contributed by atoms with Crippen molar-refractivity contribution in [3.8, 4) is 0 Å². The summed E-state index contributed by atoms with van der Waals surface area (Å²) in [5, 5.41) is 4.97. The number of benzene rings is 1. The Labute approximate surface area is 126 Å². The number of nitrogens with zero attached hydrogens (tertiary/aromatic N) is 3. The molecule has 0 fully saturated rings. The molecular formula is C15H15FN4S. The first kappa shape index (κ1) is 13.9. The number of halogens is 1. The van der Waals surface area contributed by atoms with Gasteiger partial charge < -0.3 is 5.32 Å². The summed E-state index contributed by atoms with van der Waals surface area (Å²) in [6.07, 6.45) is 4.36. The Bertz CT molecular complexity index is 771. The number of rotatable bonds is 4. The maximum Gasteiger partial charge on any atom is 0.137 e. The third-order valence-electron chi connectivity index (χ3n) is 3.24. The molecule has 3 aromatic rings. The number of aromatic nitrogens is 3. The zero-order valence-corrected chi connectivity index (χ0v) is 12.6. The van der Waals surface area contributed by atoms with Crippen molar-refractivity contribution in [2.75, 3.05) is 5.32 Å². The van der Waals surface area contributed by atoms with Crippen molar-refractivity contribution >= 4 is 28.1 Å². The minimum absolute atomic E-state index is 0.0108. The van der Waals surface area contributed by atoms with Gasteiger partial charge in [-0.3, -0.25) is 0 Å². The van der Waals surface area contributed by atoms with Crippen molar-refractivity contribution in [3.05, 3.63) is 46.4 Å². The molecule has 6 heteroatoms. The van der Waals surface area contributed by atoms with Gasteiger partial charge in [0.2, 0.25) is 0 Å². The molecule has 1 aromatic carbocycles. The monoisotopic (exact) mass is 302 g/mol. The van der Waals surface area contributed by atoms with Crippen molar-refractivity contribution in [1.29, 1.82) is 0 Å². The highest BCUT2D eigenvalue weighted by molar-refractivity contribution is 7.11. The quantitative estimate of drug-likeness (QED) is 0.792. The minimum Gasteiger partial charge on any atom is -0.360 e. The third kappa shape index (κ3) is 2.85. The zero-order valence-electron chi connectivity index (χ0n) is 11.8. The molecule has 0 saturated heterocycles. The Morgan fingerprint density at radius 2 is 2.14 bits per heavy atom. The number of hydrogen-bond donors (Lipinski definition) is 1. The molecule has 4 nitrogen and oxygen atoms in total. The molecule has 1 unspecified atom stereocenters. The van der Waals surface area contributed by atoms with E-state index in [1.54, 1.807) is 17.4 Å². The Balaban J connectivity index is 1.92. The highest BCUT2D eigenvalue weighted by atomic mass is 32.1. The Morgan fingerprint density at radius 3 is 2.90 bits per heavy atom. The molecule has 0 aliphatic rings. The average Bonchev–Trinajstić information content (AvgIpc) is 2.97. The molecule has 0 amide bonds. The predicted octanol–water partition coefficient (Wildman–Crippen LogP) is 3.96. The topological polar surface area (TPSA) is 50.7 Å². The summed E-state index contributed by atoms with van der Waals surface area (Å²) in [6, 6.07) is 4.51. The number of nitrogens with one attached hydrogen (secondary N) is 1. The molecule has 0 saturated carbocycles. The second-order valence-electron chi connectivity index (χ2n) is 4.77. The summed E-state index contributed by atoms with van der Waals surface area (Å²) in [7, 11) is 0. The fourth-order valence-corrected chi connectivity index (χ4v) is 2.96. The standard InChI is InChI=1S/C15H15FN4S/c1-3-11-7-17-15(21-11)9(2)20-14-12-6-10(16)4-5-13(12)18-8-19-14/h4-9H,3H2,1-2H3,(H,18,19,20). The molecule has 1 atom stereocenters. The van der Waals surface area contributed by atoms with Crippen molar-refractivity contribution in [2.45, 2.75) is 26.3 Å². The van der Waals surface area contributed by atoms with Crippen LogP contribution in [0.25, 0.3) is 10.9 Å². The van der Waals surface area contributed by atoms with E-state index in [1.165, 1.54) is 23.3 Å². The van der Waals surface area contributed by atoms with Crippen molar-refractivity contribution in [2.24, 2.45) is 0 Å². The smallest absolute Gasteiger partial charge is 0.137 e. The average molecular weight is 302 g/mol. The summed E-state index contributed by atoms with van der Waals surface area (Å²) in [5.74, 6) is 0.329. The van der Waals surface area contributed by atoms with E-state index in [1.807, 2.05) is 13.1 Å². The van der Waals surface area contributed by atoms with Crippen LogP contribution >= 0.6 is 11.3 Å². The Kier molecular flexibility index (Phi) is 3.79. The highest BCUT2D eigenvalue weighted by Gasteiger charge is 2.13. The van der Waals surface area contributed by atoms with E-state index in [9.17, 15) is 4.39 Å². The molecule has 2 heterocycles. The Morgan fingerprint density at radius 1 is 1.29 bits per heavy atom. The number of fused-ring (bicyclic) bond motifs is 1. The number of anilines is 1. The van der Waals surface area contributed by atoms with E-state index in [-0.39, 0.29) is 11.9 Å². The van der Waals surface area contributed by atoms with E-state index in [4.69, 9.17) is 0 Å². The molecule has 0 radical (unpaired) electrons. The molecule has 0 bridgehead atoms. The number of hydrogen-bond acceptors (Lipinski definition) is 5. The first-order chi connectivity index (χ1) is 10.2. The van der Waals surface area contributed by atoms with Gasteiger partial charge in [-0.25, -0.2) is 19.3 Å². The van der Waals surface area contributed by atoms with Gasteiger partial charge in [0, 0.05) is 16.5 Å². The molecule has 1 N–H and O–H groups in total. The number of aryl methyl sites for hydroxylation is 1. The van der Waals surface area contributed by atoms with Crippen LogP contribution in [-0.2, 0) is 6.42 Å². The fourth-order valence-electron chi connectivity index (χ4n) is 2.10. The summed E-state index contributed by atoms with van der Waals surface area (Å²) in [4.78, 5) is 14.0. The largest absolute Gasteiger partial charge is 0.360 e. The summed E-state index contributed by atoms with van der Waals surface area (Å²) in [5.41, 5.74) is 0.717. The normalized spacial score (nSPS) is 12.5. The molecule has 108 valence electrons. The van der Waals surface area contributed by atoms with Crippen LogP contribution in [0.1, 0.15) is 29.8 Å². The first-order valence-electron chi connectivity index (χ1n) is 6.78. The van der Waals surface area contributed by atoms with Gasteiger partial charge in [0.05, 0.1) is 11.6 Å². The van der Waals surface area contributed by atoms with Crippen LogP contribution in [0.4, 0.5) is 10.2 Å². The molecular weight excluding hydrogens is 287 g/mol. The minimum atomic E-state index is -0.296. The van der Waals surface area contributed by atoms with Gasteiger partial charge in [0.15, 0.2) is 0 Å². The lowest BCUT2D eigenvalue weighted by molar-refractivity contribution is 0.629. The van der Waals surface area contributed by atoms with Crippen molar-refractivity contribution in [3.63, 3.8) is 0 Å². The van der Waals surface area contributed by atoms with E-state index in [2.05, 4.69) is 27.2 Å². The van der Waals surface area contributed by atoms with Gasteiger partial charge in [-0.1, -0.05) is 6.92 Å². The molecule has 2 aromatic heterocycles. The zero-order chi connectivity index (χ0) is 14.8. The van der Waals surface area contributed by atoms with Gasteiger partial charge in [-0.2, -0.15) is 0 Å². The van der Waals surface area contributed by atoms with E-state index >= 15 is 0 Å². The van der Waals surface area contributed by atoms with Crippen molar-refractivity contribution in [1.82, 2.24) is 15.0 Å². The van der Waals surface area contributed by atoms with E-state index in [0.29, 0.717) is 11.2 Å². The lowest BCUT2D eigenvalue weighted by Crippen LogP contribution is -2.08. The molecule has 3 rings (SSSR count). The second kappa shape index (κ2) is 5.73. The van der Waals surface area contributed by atoms with Crippen LogP contribution in [-0.4, -0.2) is 15.0 Å².